The molecule has 32 heavy (non-hydrogen) atoms. The molecule has 0 aromatic carbocycles. The van der Waals surface area contributed by atoms with Crippen molar-refractivity contribution < 1.29 is 13.9 Å². The minimum Gasteiger partial charge on any atom is -0.467 e. The Morgan fingerprint density at radius 3 is 2.97 bits per heavy atom. The number of carbonyl (C=O) groups is 1. The number of anilines is 1. The number of fused-ring (bicyclic) bond motifs is 1. The van der Waals surface area contributed by atoms with E-state index in [-0.39, 0.29) is 23.1 Å². The molecular weight excluding hydrogens is 448 g/mol. The van der Waals surface area contributed by atoms with E-state index in [1.54, 1.807) is 41.6 Å². The molecule has 10 heteroatoms. The molecule has 3 aromatic rings. The van der Waals surface area contributed by atoms with Crippen molar-refractivity contribution in [3.63, 3.8) is 0 Å². The van der Waals surface area contributed by atoms with E-state index in [4.69, 9.17) is 21.4 Å². The number of nitrogens with one attached hydrogen (secondary N) is 1. The normalized spacial score (nSPS) is 20.1. The third-order valence-corrected chi connectivity index (χ3v) is 6.72. The van der Waals surface area contributed by atoms with Crippen LogP contribution in [-0.4, -0.2) is 43.8 Å². The minimum atomic E-state index is -0.276. The van der Waals surface area contributed by atoms with Crippen molar-refractivity contribution >= 4 is 51.7 Å². The fourth-order valence-corrected chi connectivity index (χ4v) is 4.99. The van der Waals surface area contributed by atoms with Gasteiger partial charge in [-0.15, -0.1) is 0 Å². The summed E-state index contributed by atoms with van der Waals surface area (Å²) in [5, 5.41) is 3.17. The van der Waals surface area contributed by atoms with Crippen LogP contribution >= 0.6 is 24.0 Å². The molecule has 0 saturated carbocycles. The van der Waals surface area contributed by atoms with Gasteiger partial charge in [0, 0.05) is 12.8 Å². The van der Waals surface area contributed by atoms with Crippen LogP contribution in [0.4, 0.5) is 5.82 Å². The third kappa shape index (κ3) is 4.08. The van der Waals surface area contributed by atoms with E-state index in [0.29, 0.717) is 46.1 Å². The number of ether oxygens (including phenoxy) is 1. The Hall–Kier alpha value is -2.95. The summed E-state index contributed by atoms with van der Waals surface area (Å²) in [7, 11) is 0. The summed E-state index contributed by atoms with van der Waals surface area (Å²) < 4.78 is 12.9. The molecule has 1 atom stereocenters. The summed E-state index contributed by atoms with van der Waals surface area (Å²) in [6.07, 6.45) is 6.71. The second kappa shape index (κ2) is 8.89. The summed E-state index contributed by atoms with van der Waals surface area (Å²) in [6, 6.07) is 8.95. The summed E-state index contributed by atoms with van der Waals surface area (Å²) >= 11 is 6.63. The lowest BCUT2D eigenvalue weighted by Crippen LogP contribution is -2.35. The number of amides is 1. The molecule has 0 radical (unpaired) electrons. The van der Waals surface area contributed by atoms with Gasteiger partial charge in [0.2, 0.25) is 0 Å². The fourth-order valence-electron chi connectivity index (χ4n) is 3.73. The van der Waals surface area contributed by atoms with Gasteiger partial charge in [0.25, 0.3) is 11.5 Å². The second-order valence-electron chi connectivity index (χ2n) is 7.47. The Balaban J connectivity index is 1.50. The van der Waals surface area contributed by atoms with Crippen molar-refractivity contribution in [1.82, 2.24) is 14.3 Å². The highest BCUT2D eigenvalue weighted by atomic mass is 32.2. The first-order chi connectivity index (χ1) is 15.6. The van der Waals surface area contributed by atoms with Gasteiger partial charge in [-0.3, -0.25) is 18.9 Å². The number of thioether (sulfide) groups is 1. The highest BCUT2D eigenvalue weighted by molar-refractivity contribution is 8.26. The van der Waals surface area contributed by atoms with Crippen molar-refractivity contribution in [1.29, 1.82) is 0 Å². The zero-order valence-corrected chi connectivity index (χ0v) is 18.7. The molecule has 8 nitrogen and oxygen atoms in total. The number of aromatic nitrogens is 2. The smallest absolute Gasteiger partial charge is 0.267 e. The molecule has 0 spiro atoms. The molecule has 5 rings (SSSR count). The average molecular weight is 469 g/mol. The number of nitrogens with zero attached hydrogens (tertiary/aromatic N) is 3. The fraction of sp³-hybridized carbons (Fsp3) is 0.273. The highest BCUT2D eigenvalue weighted by Gasteiger charge is 2.35. The van der Waals surface area contributed by atoms with Crippen LogP contribution in [0.1, 0.15) is 24.2 Å². The van der Waals surface area contributed by atoms with Crippen molar-refractivity contribution in [3.8, 4) is 0 Å². The maximum atomic E-state index is 13.3. The van der Waals surface area contributed by atoms with Gasteiger partial charge in [0.1, 0.15) is 21.5 Å². The minimum absolute atomic E-state index is 0.00432. The van der Waals surface area contributed by atoms with Crippen LogP contribution in [0, 0.1) is 0 Å². The predicted molar refractivity (Wildman–Crippen MR) is 126 cm³/mol. The van der Waals surface area contributed by atoms with Gasteiger partial charge in [-0.1, -0.05) is 30.0 Å². The molecule has 2 aliphatic heterocycles. The molecule has 2 saturated heterocycles. The van der Waals surface area contributed by atoms with Gasteiger partial charge in [-0.25, -0.2) is 4.98 Å². The quantitative estimate of drug-likeness (QED) is 0.436. The number of hydrogen-bond acceptors (Lipinski definition) is 8. The van der Waals surface area contributed by atoms with E-state index in [9.17, 15) is 9.59 Å². The lowest BCUT2D eigenvalue weighted by Gasteiger charge is -2.18. The molecular formula is C22H20N4O4S2. The van der Waals surface area contributed by atoms with E-state index >= 15 is 0 Å². The van der Waals surface area contributed by atoms with Crippen molar-refractivity contribution in [2.24, 2.45) is 0 Å². The van der Waals surface area contributed by atoms with E-state index in [0.717, 1.165) is 12.8 Å². The van der Waals surface area contributed by atoms with Crippen LogP contribution in [-0.2, 0) is 16.1 Å². The number of thiocarbonyl (C=S) groups is 1. The summed E-state index contributed by atoms with van der Waals surface area (Å²) in [6.45, 7) is 1.49. The molecule has 0 unspecified atom stereocenters. The van der Waals surface area contributed by atoms with Crippen LogP contribution in [0.15, 0.2) is 56.9 Å². The first-order valence-corrected chi connectivity index (χ1v) is 11.5. The second-order valence-corrected chi connectivity index (χ2v) is 9.14. The van der Waals surface area contributed by atoms with Crippen molar-refractivity contribution in [3.05, 3.63) is 69.4 Å². The Bertz CT molecular complexity index is 1260. The van der Waals surface area contributed by atoms with Gasteiger partial charge in [0.05, 0.1) is 35.9 Å². The maximum absolute atomic E-state index is 13.3. The third-order valence-electron chi connectivity index (χ3n) is 5.34. The topological polar surface area (TPSA) is 89.1 Å². The Labute approximate surface area is 193 Å². The van der Waals surface area contributed by atoms with Gasteiger partial charge >= 0.3 is 0 Å². The van der Waals surface area contributed by atoms with Gasteiger partial charge in [-0.2, -0.15) is 0 Å². The lowest BCUT2D eigenvalue weighted by molar-refractivity contribution is -0.123. The molecule has 0 bridgehead atoms. The molecule has 3 aromatic heterocycles. The summed E-state index contributed by atoms with van der Waals surface area (Å²) in [4.78, 5) is 32.9. The standard InChI is InChI=1S/C22H20N4O4S2/c27-20-16(11-17-21(28)26(22(31)32-17)13-15-6-4-10-30-15)19(23-12-14-5-3-9-29-14)24-18-7-1-2-8-25(18)20/h1-3,5,7-9,11,15,23H,4,6,10,12-13H2/b17-11-/t15-/m0/s1. The van der Waals surface area contributed by atoms with E-state index < -0.39 is 0 Å². The molecule has 1 N–H and O–H groups in total. The molecule has 1 amide bonds. The Morgan fingerprint density at radius 1 is 1.28 bits per heavy atom. The molecule has 5 heterocycles. The summed E-state index contributed by atoms with van der Waals surface area (Å²) in [5.41, 5.74) is 0.516. The van der Waals surface area contributed by atoms with Crippen LogP contribution in [0.2, 0.25) is 0 Å². The monoisotopic (exact) mass is 468 g/mol. The van der Waals surface area contributed by atoms with Crippen molar-refractivity contribution in [2.75, 3.05) is 18.5 Å². The summed E-state index contributed by atoms with van der Waals surface area (Å²) in [5.74, 6) is 0.862. The largest absolute Gasteiger partial charge is 0.467 e. The molecule has 2 fully saturated rings. The number of pyridine rings is 1. The van der Waals surface area contributed by atoms with E-state index in [1.807, 2.05) is 12.1 Å². The van der Waals surface area contributed by atoms with Gasteiger partial charge in [0.15, 0.2) is 0 Å². The maximum Gasteiger partial charge on any atom is 0.267 e. The van der Waals surface area contributed by atoms with Crippen LogP contribution in [0.25, 0.3) is 11.7 Å². The average Bonchev–Trinajstić information content (AvgIpc) is 3.55. The van der Waals surface area contributed by atoms with Gasteiger partial charge < -0.3 is 14.5 Å². The van der Waals surface area contributed by atoms with Crippen LogP contribution < -0.4 is 10.9 Å². The Kier molecular flexibility index (Phi) is 5.81. The Morgan fingerprint density at radius 2 is 2.19 bits per heavy atom. The molecule has 0 aliphatic carbocycles. The zero-order chi connectivity index (χ0) is 22.1. The lowest BCUT2D eigenvalue weighted by atomic mass is 10.2. The molecule has 164 valence electrons. The van der Waals surface area contributed by atoms with E-state index in [1.165, 1.54) is 16.2 Å². The molecule has 2 aliphatic rings. The predicted octanol–water partition coefficient (Wildman–Crippen LogP) is 3.28. The first-order valence-electron chi connectivity index (χ1n) is 10.2. The van der Waals surface area contributed by atoms with Gasteiger partial charge in [-0.05, 0) is 43.2 Å². The SMILES string of the molecule is O=C1/C(=C/c2c(NCc3ccco3)nc3ccccn3c2=O)SC(=S)N1C[C@@H]1CCCO1. The van der Waals surface area contributed by atoms with Crippen LogP contribution in [0.5, 0.6) is 0 Å². The zero-order valence-electron chi connectivity index (χ0n) is 17.0. The number of carbonyl (C=O) groups excluding carboxylic acids is 1. The number of hydrogen-bond donors (Lipinski definition) is 1. The van der Waals surface area contributed by atoms with E-state index in [2.05, 4.69) is 10.3 Å². The number of rotatable bonds is 6. The van der Waals surface area contributed by atoms with Crippen LogP contribution in [0.3, 0.4) is 0 Å². The van der Waals surface area contributed by atoms with Crippen molar-refractivity contribution in [2.45, 2.75) is 25.5 Å². The number of furan rings is 1. The first kappa shape index (κ1) is 20.9. The highest BCUT2D eigenvalue weighted by Crippen LogP contribution is 2.34.